The minimum Gasteiger partial charge on any atom is -0.488 e. The Hall–Kier alpha value is -2.64. The molecule has 3 aromatic rings. The molecule has 4 rings (SSSR count). The van der Waals surface area contributed by atoms with Crippen LogP contribution in [-0.2, 0) is 17.9 Å². The number of imide groups is 1. The second-order valence-electron chi connectivity index (χ2n) is 8.31. The number of benzene rings is 3. The van der Waals surface area contributed by atoms with Crippen LogP contribution in [0.5, 0.6) is 5.75 Å². The third-order valence-corrected chi connectivity index (χ3v) is 7.68. The zero-order valence-electron chi connectivity index (χ0n) is 20.3. The molecule has 0 aromatic heterocycles. The molecule has 0 radical (unpaired) electrons. The van der Waals surface area contributed by atoms with E-state index in [1.807, 2.05) is 24.3 Å². The normalized spacial score (nSPS) is 14.5. The molecule has 0 bridgehead atoms. The highest BCUT2D eigenvalue weighted by Gasteiger charge is 2.35. The lowest BCUT2D eigenvalue weighted by Crippen LogP contribution is -2.27. The molecule has 0 spiro atoms. The highest BCUT2D eigenvalue weighted by Crippen LogP contribution is 2.36. The summed E-state index contributed by atoms with van der Waals surface area (Å²) in [5.41, 5.74) is 3.29. The first-order valence-electron chi connectivity index (χ1n) is 11.7. The van der Waals surface area contributed by atoms with Gasteiger partial charge in [0.15, 0.2) is 0 Å². The summed E-state index contributed by atoms with van der Waals surface area (Å²) in [6.07, 6.45) is 1.71. The van der Waals surface area contributed by atoms with E-state index in [9.17, 15) is 9.59 Å². The van der Waals surface area contributed by atoms with Crippen molar-refractivity contribution < 1.29 is 14.3 Å². The van der Waals surface area contributed by atoms with Crippen molar-refractivity contribution in [2.24, 2.45) is 0 Å². The number of anilines is 1. The van der Waals surface area contributed by atoms with E-state index in [-0.39, 0.29) is 24.3 Å². The summed E-state index contributed by atoms with van der Waals surface area (Å²) < 4.78 is 6.20. The molecule has 37 heavy (non-hydrogen) atoms. The summed E-state index contributed by atoms with van der Waals surface area (Å²) in [5, 5.41) is 1.34. The zero-order valence-corrected chi connectivity index (χ0v) is 23.4. The summed E-state index contributed by atoms with van der Waals surface area (Å²) in [4.78, 5) is 29.6. The van der Waals surface area contributed by atoms with Crippen molar-refractivity contribution in [1.29, 1.82) is 0 Å². The van der Waals surface area contributed by atoms with E-state index in [4.69, 9.17) is 39.5 Å². The van der Waals surface area contributed by atoms with E-state index in [1.54, 1.807) is 42.5 Å². The molecule has 0 aliphatic carbocycles. The van der Waals surface area contributed by atoms with E-state index in [1.165, 1.54) is 4.90 Å². The maximum atomic E-state index is 13.1. The molecular weight excluding hydrogens is 551 g/mol. The Bertz CT molecular complexity index is 1340. The van der Waals surface area contributed by atoms with Crippen molar-refractivity contribution in [2.45, 2.75) is 27.0 Å². The van der Waals surface area contributed by atoms with Crippen LogP contribution in [-0.4, -0.2) is 29.1 Å². The van der Waals surface area contributed by atoms with Crippen LogP contribution >= 0.6 is 46.6 Å². The van der Waals surface area contributed by atoms with E-state index >= 15 is 0 Å². The van der Waals surface area contributed by atoms with Gasteiger partial charge in [-0.05, 0) is 73.6 Å². The highest BCUT2D eigenvalue weighted by molar-refractivity contribution is 8.18. The molecule has 0 unspecified atom stereocenters. The SMILES string of the molecule is CCN(CC)c1ccc(/C=C2\SC(=O)N(Cc3ccc(Cl)cc3)C2=O)c(OCc2ccc(Cl)cc2Cl)c1. The Morgan fingerprint density at radius 3 is 2.30 bits per heavy atom. The van der Waals surface area contributed by atoms with Gasteiger partial charge in [0.05, 0.1) is 11.4 Å². The average Bonchev–Trinajstić information content (AvgIpc) is 3.14. The molecule has 9 heteroatoms. The van der Waals surface area contributed by atoms with Crippen LogP contribution in [0.25, 0.3) is 6.08 Å². The first-order chi connectivity index (χ1) is 17.8. The van der Waals surface area contributed by atoms with Crippen molar-refractivity contribution in [3.05, 3.63) is 97.3 Å². The van der Waals surface area contributed by atoms with Crippen molar-refractivity contribution in [2.75, 3.05) is 18.0 Å². The molecule has 1 fully saturated rings. The Labute approximate surface area is 235 Å². The lowest BCUT2D eigenvalue weighted by atomic mass is 10.1. The molecule has 192 valence electrons. The van der Waals surface area contributed by atoms with Crippen LogP contribution in [0.2, 0.25) is 15.1 Å². The van der Waals surface area contributed by atoms with E-state index in [2.05, 4.69) is 18.7 Å². The fourth-order valence-corrected chi connectivity index (χ4v) is 5.32. The van der Waals surface area contributed by atoms with Gasteiger partial charge in [0, 0.05) is 51.0 Å². The molecule has 2 amide bonds. The molecule has 0 atom stereocenters. The summed E-state index contributed by atoms with van der Waals surface area (Å²) in [5.74, 6) is 0.240. The predicted molar refractivity (Wildman–Crippen MR) is 154 cm³/mol. The Morgan fingerprint density at radius 1 is 0.919 bits per heavy atom. The van der Waals surface area contributed by atoms with Gasteiger partial charge in [0.1, 0.15) is 12.4 Å². The quantitative estimate of drug-likeness (QED) is 0.240. The molecule has 1 aliphatic heterocycles. The number of hydrogen-bond donors (Lipinski definition) is 0. The lowest BCUT2D eigenvalue weighted by Gasteiger charge is -2.22. The Morgan fingerprint density at radius 2 is 1.62 bits per heavy atom. The Kier molecular flexibility index (Phi) is 9.08. The largest absolute Gasteiger partial charge is 0.488 e. The minimum atomic E-state index is -0.343. The van der Waals surface area contributed by atoms with Gasteiger partial charge in [-0.25, -0.2) is 0 Å². The van der Waals surface area contributed by atoms with Crippen molar-refractivity contribution in [3.63, 3.8) is 0 Å². The highest BCUT2D eigenvalue weighted by atomic mass is 35.5. The van der Waals surface area contributed by atoms with E-state index in [0.717, 1.165) is 41.7 Å². The van der Waals surface area contributed by atoms with Gasteiger partial charge in [0.2, 0.25) is 0 Å². The summed E-state index contributed by atoms with van der Waals surface area (Å²) in [6.45, 7) is 6.24. The molecular formula is C28H25Cl3N2O3S. The number of hydrogen-bond acceptors (Lipinski definition) is 5. The lowest BCUT2D eigenvalue weighted by molar-refractivity contribution is -0.123. The minimum absolute atomic E-state index is 0.179. The number of carbonyl (C=O) groups is 2. The molecule has 0 N–H and O–H groups in total. The maximum Gasteiger partial charge on any atom is 0.293 e. The summed E-state index contributed by atoms with van der Waals surface area (Å²) in [7, 11) is 0. The molecule has 1 saturated heterocycles. The fourth-order valence-electron chi connectivity index (χ4n) is 3.90. The number of rotatable bonds is 9. The van der Waals surface area contributed by atoms with Gasteiger partial charge in [-0.15, -0.1) is 0 Å². The van der Waals surface area contributed by atoms with Crippen LogP contribution in [0.1, 0.15) is 30.5 Å². The predicted octanol–water partition coefficient (Wildman–Crippen LogP) is 8.31. The standard InChI is InChI=1S/C28H25Cl3N2O3S/c1-3-32(4-2)23-12-8-19(25(15-23)36-17-20-7-11-22(30)14-24(20)31)13-26-27(34)33(28(35)37-26)16-18-5-9-21(29)10-6-18/h5-15H,3-4,16-17H2,1-2H3/b26-13-. The van der Waals surface area contributed by atoms with Gasteiger partial charge >= 0.3 is 0 Å². The molecule has 5 nitrogen and oxygen atoms in total. The maximum absolute atomic E-state index is 13.1. The number of ether oxygens (including phenoxy) is 1. The van der Waals surface area contributed by atoms with Crippen LogP contribution in [0.15, 0.2) is 65.6 Å². The van der Waals surface area contributed by atoms with Crippen LogP contribution < -0.4 is 9.64 Å². The first kappa shape index (κ1) is 27.4. The van der Waals surface area contributed by atoms with Gasteiger partial charge in [-0.3, -0.25) is 14.5 Å². The average molecular weight is 576 g/mol. The molecule has 3 aromatic carbocycles. The topological polar surface area (TPSA) is 49.9 Å². The number of carbonyl (C=O) groups excluding carboxylic acids is 2. The fraction of sp³-hybridized carbons (Fsp3) is 0.214. The third-order valence-electron chi connectivity index (χ3n) is 5.94. The van der Waals surface area contributed by atoms with E-state index in [0.29, 0.717) is 31.3 Å². The van der Waals surface area contributed by atoms with Gasteiger partial charge in [-0.2, -0.15) is 0 Å². The summed E-state index contributed by atoms with van der Waals surface area (Å²) in [6, 6.07) is 18.2. The van der Waals surface area contributed by atoms with Crippen LogP contribution in [0, 0.1) is 0 Å². The number of nitrogens with zero attached hydrogens (tertiary/aromatic N) is 2. The molecule has 0 saturated carbocycles. The van der Waals surface area contributed by atoms with Crippen LogP contribution in [0.4, 0.5) is 10.5 Å². The monoisotopic (exact) mass is 574 g/mol. The molecule has 1 aliphatic rings. The third kappa shape index (κ3) is 6.63. The second-order valence-corrected chi connectivity index (χ2v) is 10.6. The first-order valence-corrected chi connectivity index (χ1v) is 13.7. The summed E-state index contributed by atoms with van der Waals surface area (Å²) >= 11 is 19.2. The van der Waals surface area contributed by atoms with Crippen molar-refractivity contribution >= 4 is 69.5 Å². The number of thioether (sulfide) groups is 1. The van der Waals surface area contributed by atoms with Gasteiger partial charge < -0.3 is 9.64 Å². The van der Waals surface area contributed by atoms with Gasteiger partial charge in [-0.1, -0.05) is 53.0 Å². The number of amides is 2. The Balaban J connectivity index is 1.62. The second kappa shape index (κ2) is 12.3. The number of halogens is 3. The van der Waals surface area contributed by atoms with Gasteiger partial charge in [0.25, 0.3) is 11.1 Å². The van der Waals surface area contributed by atoms with E-state index < -0.39 is 0 Å². The molecule has 1 heterocycles. The van der Waals surface area contributed by atoms with Crippen molar-refractivity contribution in [3.8, 4) is 5.75 Å². The van der Waals surface area contributed by atoms with Crippen LogP contribution in [0.3, 0.4) is 0 Å². The van der Waals surface area contributed by atoms with Crippen molar-refractivity contribution in [1.82, 2.24) is 4.90 Å². The smallest absolute Gasteiger partial charge is 0.293 e. The zero-order chi connectivity index (χ0) is 26.5.